The van der Waals surface area contributed by atoms with Gasteiger partial charge in [-0.1, -0.05) is 12.1 Å². The predicted molar refractivity (Wildman–Crippen MR) is 103 cm³/mol. The smallest absolute Gasteiger partial charge is 0.387 e. The van der Waals surface area contributed by atoms with Crippen molar-refractivity contribution in [3.05, 3.63) is 82.9 Å². The van der Waals surface area contributed by atoms with Gasteiger partial charge in [0.1, 0.15) is 11.6 Å². The molecule has 3 aromatic rings. The van der Waals surface area contributed by atoms with Crippen molar-refractivity contribution < 1.29 is 22.7 Å². The third-order valence-electron chi connectivity index (χ3n) is 4.27. The van der Waals surface area contributed by atoms with Crippen LogP contribution < -0.4 is 10.2 Å². The minimum Gasteiger partial charge on any atom is -0.434 e. The van der Waals surface area contributed by atoms with Gasteiger partial charge in [0.25, 0.3) is 5.91 Å². The topological polar surface area (TPSA) is 55.6 Å². The summed E-state index contributed by atoms with van der Waals surface area (Å²) in [6, 6.07) is 13.7. The van der Waals surface area contributed by atoms with Crippen molar-refractivity contribution in [2.24, 2.45) is 5.10 Å². The second-order valence-corrected chi connectivity index (χ2v) is 6.21. The number of aromatic nitrogens is 1. The lowest BCUT2D eigenvalue weighted by molar-refractivity contribution is -0.0499. The van der Waals surface area contributed by atoms with Crippen molar-refractivity contribution in [1.29, 1.82) is 0 Å². The molecule has 0 radical (unpaired) electrons. The number of rotatable bonds is 6. The molecule has 29 heavy (non-hydrogen) atoms. The standard InChI is InChI=1S/C21H18F3N3O2/c1-13-11-18(14(2)27(13)17-9-7-16(22)8-10-17)20(28)26-25-12-15-5-3-4-6-19(15)29-21(23)24/h3-12,21H,1-2H3,(H,26,28). The fourth-order valence-electron chi connectivity index (χ4n) is 2.99. The summed E-state index contributed by atoms with van der Waals surface area (Å²) in [7, 11) is 0. The summed E-state index contributed by atoms with van der Waals surface area (Å²) in [5.41, 5.74) is 5.24. The summed E-state index contributed by atoms with van der Waals surface area (Å²) >= 11 is 0. The Morgan fingerprint density at radius 2 is 1.83 bits per heavy atom. The lowest BCUT2D eigenvalue weighted by Gasteiger charge is -2.09. The molecule has 2 aromatic carbocycles. The highest BCUT2D eigenvalue weighted by Crippen LogP contribution is 2.21. The molecule has 1 amide bonds. The van der Waals surface area contributed by atoms with E-state index in [0.717, 1.165) is 11.4 Å². The van der Waals surface area contributed by atoms with E-state index in [1.165, 1.54) is 30.5 Å². The molecule has 1 aromatic heterocycles. The number of alkyl halides is 2. The third kappa shape index (κ3) is 4.66. The van der Waals surface area contributed by atoms with Gasteiger partial charge in [-0.05, 0) is 56.3 Å². The van der Waals surface area contributed by atoms with Crippen LogP contribution in [0.3, 0.4) is 0 Å². The summed E-state index contributed by atoms with van der Waals surface area (Å²) in [4.78, 5) is 12.5. The quantitative estimate of drug-likeness (QED) is 0.485. The van der Waals surface area contributed by atoms with Gasteiger partial charge in [-0.3, -0.25) is 4.79 Å². The van der Waals surface area contributed by atoms with E-state index in [2.05, 4.69) is 15.3 Å². The van der Waals surface area contributed by atoms with E-state index in [1.54, 1.807) is 37.3 Å². The molecule has 1 heterocycles. The minimum absolute atomic E-state index is 0.0463. The van der Waals surface area contributed by atoms with Gasteiger partial charge < -0.3 is 9.30 Å². The number of benzene rings is 2. The van der Waals surface area contributed by atoms with Crippen LogP contribution in [0.25, 0.3) is 5.69 Å². The zero-order valence-electron chi connectivity index (χ0n) is 15.7. The molecule has 0 aliphatic rings. The molecule has 150 valence electrons. The molecule has 1 N–H and O–H groups in total. The monoisotopic (exact) mass is 401 g/mol. The Hall–Kier alpha value is -3.55. The van der Waals surface area contributed by atoms with E-state index >= 15 is 0 Å². The van der Waals surface area contributed by atoms with Crippen LogP contribution in [0.5, 0.6) is 5.75 Å². The number of ether oxygens (including phenoxy) is 1. The highest BCUT2D eigenvalue weighted by Gasteiger charge is 2.16. The van der Waals surface area contributed by atoms with Gasteiger partial charge in [-0.15, -0.1) is 0 Å². The van der Waals surface area contributed by atoms with Crippen LogP contribution in [-0.2, 0) is 0 Å². The van der Waals surface area contributed by atoms with Gasteiger partial charge in [-0.2, -0.15) is 13.9 Å². The van der Waals surface area contributed by atoms with Crippen LogP contribution in [-0.4, -0.2) is 23.3 Å². The average Bonchev–Trinajstić information content (AvgIpc) is 2.98. The fourth-order valence-corrected chi connectivity index (χ4v) is 2.99. The van der Waals surface area contributed by atoms with Crippen LogP contribution in [0, 0.1) is 19.7 Å². The normalized spacial score (nSPS) is 11.2. The second-order valence-electron chi connectivity index (χ2n) is 6.21. The molecule has 0 aliphatic heterocycles. The maximum atomic E-state index is 13.2. The number of nitrogens with zero attached hydrogens (tertiary/aromatic N) is 2. The van der Waals surface area contributed by atoms with Gasteiger partial charge in [0.15, 0.2) is 0 Å². The number of hydrogen-bond acceptors (Lipinski definition) is 3. The number of amides is 1. The molecule has 3 rings (SSSR count). The van der Waals surface area contributed by atoms with Gasteiger partial charge in [0, 0.05) is 22.6 Å². The number of para-hydroxylation sites is 1. The summed E-state index contributed by atoms with van der Waals surface area (Å²) in [5, 5.41) is 3.84. The molecular weight excluding hydrogens is 383 g/mol. The summed E-state index contributed by atoms with van der Waals surface area (Å²) in [6.45, 7) is 0.630. The maximum Gasteiger partial charge on any atom is 0.387 e. The molecule has 8 heteroatoms. The van der Waals surface area contributed by atoms with Crippen molar-refractivity contribution in [2.45, 2.75) is 20.5 Å². The van der Waals surface area contributed by atoms with Gasteiger partial charge in [-0.25, -0.2) is 9.82 Å². The first kappa shape index (κ1) is 20.2. The van der Waals surface area contributed by atoms with Crippen LogP contribution in [0.4, 0.5) is 13.2 Å². The largest absolute Gasteiger partial charge is 0.434 e. The number of nitrogens with one attached hydrogen (secondary N) is 1. The predicted octanol–water partition coefficient (Wildman–Crippen LogP) is 4.60. The summed E-state index contributed by atoms with van der Waals surface area (Å²) in [6.07, 6.45) is 1.23. The van der Waals surface area contributed by atoms with Crippen molar-refractivity contribution in [2.75, 3.05) is 0 Å². The van der Waals surface area contributed by atoms with E-state index in [1.807, 2.05) is 11.5 Å². The molecule has 0 bridgehead atoms. The number of halogens is 3. The molecule has 0 spiro atoms. The van der Waals surface area contributed by atoms with Gasteiger partial charge >= 0.3 is 6.61 Å². The second kappa shape index (κ2) is 8.64. The SMILES string of the molecule is Cc1cc(C(=O)NN=Cc2ccccc2OC(F)F)c(C)n1-c1ccc(F)cc1. The van der Waals surface area contributed by atoms with Crippen molar-refractivity contribution in [3.63, 3.8) is 0 Å². The zero-order valence-corrected chi connectivity index (χ0v) is 15.7. The van der Waals surface area contributed by atoms with E-state index in [4.69, 9.17) is 0 Å². The summed E-state index contributed by atoms with van der Waals surface area (Å²) in [5.74, 6) is -0.857. The molecule has 0 atom stereocenters. The molecule has 0 unspecified atom stereocenters. The maximum absolute atomic E-state index is 13.2. The lowest BCUT2D eigenvalue weighted by Crippen LogP contribution is -2.18. The van der Waals surface area contributed by atoms with Crippen LogP contribution in [0.2, 0.25) is 0 Å². The molecule has 0 saturated heterocycles. The van der Waals surface area contributed by atoms with Crippen molar-refractivity contribution in [3.8, 4) is 11.4 Å². The van der Waals surface area contributed by atoms with Gasteiger partial charge in [0.05, 0.1) is 11.8 Å². The number of aryl methyl sites for hydroxylation is 1. The van der Waals surface area contributed by atoms with E-state index < -0.39 is 12.5 Å². The minimum atomic E-state index is -2.96. The Bertz CT molecular complexity index is 1040. The highest BCUT2D eigenvalue weighted by atomic mass is 19.3. The first-order valence-electron chi connectivity index (χ1n) is 8.69. The van der Waals surface area contributed by atoms with Crippen LogP contribution in [0.15, 0.2) is 59.7 Å². The van der Waals surface area contributed by atoms with Crippen LogP contribution >= 0.6 is 0 Å². The van der Waals surface area contributed by atoms with Crippen molar-refractivity contribution >= 4 is 12.1 Å². The Balaban J connectivity index is 1.78. The highest BCUT2D eigenvalue weighted by molar-refractivity contribution is 5.96. The van der Waals surface area contributed by atoms with Gasteiger partial charge in [0.2, 0.25) is 0 Å². The van der Waals surface area contributed by atoms with E-state index in [0.29, 0.717) is 16.8 Å². The van der Waals surface area contributed by atoms with Crippen molar-refractivity contribution in [1.82, 2.24) is 9.99 Å². The summed E-state index contributed by atoms with van der Waals surface area (Å²) < 4.78 is 44.3. The molecular formula is C21H18F3N3O2. The number of carbonyl (C=O) groups is 1. The zero-order chi connectivity index (χ0) is 21.0. The van der Waals surface area contributed by atoms with E-state index in [9.17, 15) is 18.0 Å². The Kier molecular flexibility index (Phi) is 6.01. The first-order valence-corrected chi connectivity index (χ1v) is 8.69. The number of hydrogen-bond donors (Lipinski definition) is 1. The lowest BCUT2D eigenvalue weighted by atomic mass is 10.2. The molecule has 5 nitrogen and oxygen atoms in total. The Morgan fingerprint density at radius 3 is 2.52 bits per heavy atom. The Labute approximate surface area is 165 Å². The average molecular weight is 401 g/mol. The number of hydrazone groups is 1. The number of carbonyl (C=O) groups excluding carboxylic acids is 1. The Morgan fingerprint density at radius 1 is 1.14 bits per heavy atom. The molecule has 0 aliphatic carbocycles. The first-order chi connectivity index (χ1) is 13.9. The fraction of sp³-hybridized carbons (Fsp3) is 0.143. The van der Waals surface area contributed by atoms with Crippen LogP contribution in [0.1, 0.15) is 27.3 Å². The molecule has 0 saturated carbocycles. The molecule has 0 fully saturated rings. The third-order valence-corrected chi connectivity index (χ3v) is 4.27. The van der Waals surface area contributed by atoms with E-state index in [-0.39, 0.29) is 11.6 Å².